The lowest BCUT2D eigenvalue weighted by Gasteiger charge is -2.15. The normalized spacial score (nSPS) is 16.0. The van der Waals surface area contributed by atoms with Crippen LogP contribution < -0.4 is 10.0 Å². The molecule has 1 aliphatic rings. The van der Waals surface area contributed by atoms with Gasteiger partial charge in [-0.2, -0.15) is 0 Å². The van der Waals surface area contributed by atoms with Crippen LogP contribution in [0, 0.1) is 0 Å². The molecule has 1 amide bonds. The number of hydrogen-bond acceptors (Lipinski definition) is 5. The van der Waals surface area contributed by atoms with Gasteiger partial charge in [0.05, 0.1) is 16.2 Å². The first-order valence-corrected chi connectivity index (χ1v) is 8.06. The third kappa shape index (κ3) is 3.17. The minimum absolute atomic E-state index is 0.141. The van der Waals surface area contributed by atoms with Crippen LogP contribution in [0.2, 0.25) is 0 Å². The highest BCUT2D eigenvalue weighted by molar-refractivity contribution is 8.27. The standard InChI is InChI=1S/C17H11NO4S2/c19-13-7-5-12(6-8-13)18-15(20)14(24-17(18)23)9-10-1-3-11(4-2-10)16(21)22/h1-9,19H,(H,21,22)/p-1/b14-9-. The molecule has 24 heavy (non-hydrogen) atoms. The number of carboxylic acid groups (broad SMARTS) is 1. The number of carboxylic acids is 1. The van der Waals surface area contributed by atoms with Gasteiger partial charge in [-0.15, -0.1) is 5.75 Å². The molecule has 1 aliphatic heterocycles. The van der Waals surface area contributed by atoms with Gasteiger partial charge >= 0.3 is 5.97 Å². The highest BCUT2D eigenvalue weighted by Crippen LogP contribution is 2.36. The van der Waals surface area contributed by atoms with Crippen molar-refractivity contribution >= 4 is 51.9 Å². The minimum Gasteiger partial charge on any atom is -0.872 e. The van der Waals surface area contributed by atoms with Crippen LogP contribution in [0.3, 0.4) is 0 Å². The Bertz CT molecular complexity index is 857. The van der Waals surface area contributed by atoms with Crippen molar-refractivity contribution in [2.45, 2.75) is 0 Å². The van der Waals surface area contributed by atoms with Crippen LogP contribution >= 0.6 is 24.0 Å². The molecule has 1 saturated heterocycles. The average molecular weight is 356 g/mol. The summed E-state index contributed by atoms with van der Waals surface area (Å²) in [7, 11) is 0. The lowest BCUT2D eigenvalue weighted by molar-refractivity contribution is -0.268. The fourth-order valence-corrected chi connectivity index (χ4v) is 3.46. The molecule has 7 heteroatoms. The molecule has 5 nitrogen and oxygen atoms in total. The van der Waals surface area contributed by atoms with E-state index in [9.17, 15) is 14.7 Å². The van der Waals surface area contributed by atoms with Gasteiger partial charge in [0.2, 0.25) is 0 Å². The van der Waals surface area contributed by atoms with Gasteiger partial charge in [0.1, 0.15) is 0 Å². The Labute approximate surface area is 147 Å². The zero-order chi connectivity index (χ0) is 17.3. The first-order chi connectivity index (χ1) is 11.5. The predicted octanol–water partition coefficient (Wildman–Crippen LogP) is 2.86. The molecule has 1 fully saturated rings. The molecule has 2 aromatic carbocycles. The Kier molecular flexibility index (Phi) is 4.37. The summed E-state index contributed by atoms with van der Waals surface area (Å²) in [6.45, 7) is 0. The fraction of sp³-hybridized carbons (Fsp3) is 0. The highest BCUT2D eigenvalue weighted by atomic mass is 32.2. The molecule has 0 saturated carbocycles. The molecule has 0 spiro atoms. The smallest absolute Gasteiger partial charge is 0.335 e. The zero-order valence-corrected chi connectivity index (χ0v) is 13.8. The molecular weight excluding hydrogens is 346 g/mol. The number of thioether (sulfide) groups is 1. The lowest BCUT2D eigenvalue weighted by Crippen LogP contribution is -2.27. The third-order valence-corrected chi connectivity index (χ3v) is 4.65. The molecule has 1 N–H and O–H groups in total. The Morgan fingerprint density at radius 1 is 1.12 bits per heavy atom. The van der Waals surface area contributed by atoms with E-state index in [0.717, 1.165) is 11.8 Å². The van der Waals surface area contributed by atoms with Crippen LogP contribution in [0.5, 0.6) is 5.75 Å². The van der Waals surface area contributed by atoms with Gasteiger partial charge in [-0.1, -0.05) is 48.2 Å². The molecule has 0 radical (unpaired) electrons. The quantitative estimate of drug-likeness (QED) is 0.673. The largest absolute Gasteiger partial charge is 0.872 e. The van der Waals surface area contributed by atoms with E-state index >= 15 is 0 Å². The molecule has 0 bridgehead atoms. The maximum atomic E-state index is 12.6. The SMILES string of the molecule is O=C(O)c1ccc(/C=C2\SC(=S)N(c3ccc([O-])cc3)C2=O)cc1. The van der Waals surface area contributed by atoms with Crippen LogP contribution in [0.4, 0.5) is 5.69 Å². The van der Waals surface area contributed by atoms with E-state index in [1.54, 1.807) is 30.3 Å². The maximum Gasteiger partial charge on any atom is 0.335 e. The topological polar surface area (TPSA) is 80.7 Å². The first-order valence-electron chi connectivity index (χ1n) is 6.84. The Balaban J connectivity index is 1.87. The van der Waals surface area contributed by atoms with Gasteiger partial charge in [-0.05, 0) is 35.9 Å². The summed E-state index contributed by atoms with van der Waals surface area (Å²) < 4.78 is 0.382. The number of rotatable bonds is 3. The molecular formula is C17H10NO4S2-. The zero-order valence-electron chi connectivity index (χ0n) is 12.1. The van der Waals surface area contributed by atoms with E-state index in [0.29, 0.717) is 20.5 Å². The van der Waals surface area contributed by atoms with Crippen LogP contribution in [-0.4, -0.2) is 21.3 Å². The molecule has 2 aromatic rings. The van der Waals surface area contributed by atoms with E-state index in [1.807, 2.05) is 0 Å². The van der Waals surface area contributed by atoms with Crippen LogP contribution in [-0.2, 0) is 4.79 Å². The van der Waals surface area contributed by atoms with Gasteiger partial charge in [0, 0.05) is 0 Å². The average Bonchev–Trinajstić information content (AvgIpc) is 2.83. The second kappa shape index (κ2) is 6.46. The number of thiocarbonyl (C=S) groups is 1. The van der Waals surface area contributed by atoms with Crippen molar-refractivity contribution in [1.29, 1.82) is 0 Å². The Hall–Kier alpha value is -2.64. The summed E-state index contributed by atoms with van der Waals surface area (Å²) >= 11 is 6.41. The Morgan fingerprint density at radius 3 is 2.33 bits per heavy atom. The molecule has 3 rings (SSSR count). The number of anilines is 1. The fourth-order valence-electron chi connectivity index (χ4n) is 2.16. The summed E-state index contributed by atoms with van der Waals surface area (Å²) in [5, 5.41) is 20.1. The van der Waals surface area contributed by atoms with Crippen molar-refractivity contribution in [2.24, 2.45) is 0 Å². The maximum absolute atomic E-state index is 12.6. The summed E-state index contributed by atoms with van der Waals surface area (Å²) in [5.74, 6) is -1.42. The summed E-state index contributed by atoms with van der Waals surface area (Å²) in [4.78, 5) is 25.2. The molecule has 0 unspecified atom stereocenters. The van der Waals surface area contributed by atoms with Crippen molar-refractivity contribution in [3.05, 3.63) is 64.6 Å². The number of hydrogen-bond donors (Lipinski definition) is 1. The number of carbonyl (C=O) groups is 2. The predicted molar refractivity (Wildman–Crippen MR) is 94.9 cm³/mol. The molecule has 1 heterocycles. The number of amides is 1. The molecule has 0 atom stereocenters. The number of benzene rings is 2. The number of carbonyl (C=O) groups excluding carboxylic acids is 1. The molecule has 0 aromatic heterocycles. The van der Waals surface area contributed by atoms with E-state index in [1.165, 1.54) is 29.2 Å². The van der Waals surface area contributed by atoms with E-state index in [-0.39, 0.29) is 17.2 Å². The molecule has 120 valence electrons. The van der Waals surface area contributed by atoms with Crippen LogP contribution in [0.25, 0.3) is 6.08 Å². The lowest BCUT2D eigenvalue weighted by atomic mass is 10.1. The summed E-state index contributed by atoms with van der Waals surface area (Å²) in [6, 6.07) is 12.1. The number of nitrogens with zero attached hydrogens (tertiary/aromatic N) is 1. The first kappa shape index (κ1) is 16.2. The van der Waals surface area contributed by atoms with E-state index < -0.39 is 5.97 Å². The number of aromatic carboxylic acids is 1. The van der Waals surface area contributed by atoms with Crippen molar-refractivity contribution in [2.75, 3.05) is 4.90 Å². The van der Waals surface area contributed by atoms with Crippen molar-refractivity contribution < 1.29 is 19.8 Å². The summed E-state index contributed by atoms with van der Waals surface area (Å²) in [6.07, 6.45) is 1.66. The van der Waals surface area contributed by atoms with E-state index in [2.05, 4.69) is 0 Å². The second-order valence-electron chi connectivity index (χ2n) is 4.94. The van der Waals surface area contributed by atoms with Crippen molar-refractivity contribution in [1.82, 2.24) is 0 Å². The summed E-state index contributed by atoms with van der Waals surface area (Å²) in [5.41, 5.74) is 1.43. The van der Waals surface area contributed by atoms with Gasteiger partial charge in [0.25, 0.3) is 5.91 Å². The van der Waals surface area contributed by atoms with Crippen LogP contribution in [0.15, 0.2) is 53.4 Å². The van der Waals surface area contributed by atoms with Crippen molar-refractivity contribution in [3.63, 3.8) is 0 Å². The van der Waals surface area contributed by atoms with Crippen LogP contribution in [0.1, 0.15) is 15.9 Å². The van der Waals surface area contributed by atoms with Gasteiger partial charge in [-0.3, -0.25) is 9.69 Å². The molecule has 0 aliphatic carbocycles. The van der Waals surface area contributed by atoms with Gasteiger partial charge in [0.15, 0.2) is 4.32 Å². The Morgan fingerprint density at radius 2 is 1.75 bits per heavy atom. The van der Waals surface area contributed by atoms with Gasteiger partial charge < -0.3 is 10.2 Å². The van der Waals surface area contributed by atoms with E-state index in [4.69, 9.17) is 17.3 Å². The third-order valence-electron chi connectivity index (χ3n) is 3.34. The minimum atomic E-state index is -1.00. The highest BCUT2D eigenvalue weighted by Gasteiger charge is 2.33. The second-order valence-corrected chi connectivity index (χ2v) is 6.61. The monoisotopic (exact) mass is 356 g/mol. The van der Waals surface area contributed by atoms with Gasteiger partial charge in [-0.25, -0.2) is 4.79 Å². The van der Waals surface area contributed by atoms with Crippen molar-refractivity contribution in [3.8, 4) is 5.75 Å².